The van der Waals surface area contributed by atoms with E-state index < -0.39 is 40.7 Å². The molecule has 3 aliphatic heterocycles. The first-order chi connectivity index (χ1) is 23.0. The number of amides is 1. The van der Waals surface area contributed by atoms with Crippen LogP contribution in [0.4, 0.5) is 9.18 Å². The van der Waals surface area contributed by atoms with Crippen molar-refractivity contribution in [1.82, 2.24) is 9.62 Å². The van der Waals surface area contributed by atoms with Crippen LogP contribution in [-0.2, 0) is 30.7 Å². The number of nitrogens with one attached hydrogen (secondary N) is 1. The Hall–Kier alpha value is -3.95. The van der Waals surface area contributed by atoms with Crippen LogP contribution in [0.1, 0.15) is 25.8 Å². The van der Waals surface area contributed by atoms with Gasteiger partial charge in [0.1, 0.15) is 23.4 Å². The maximum absolute atomic E-state index is 13.9. The maximum Gasteiger partial charge on any atom is 0.407 e. The van der Waals surface area contributed by atoms with Crippen molar-refractivity contribution in [1.29, 1.82) is 0 Å². The van der Waals surface area contributed by atoms with Gasteiger partial charge in [0.05, 0.1) is 36.2 Å². The lowest BCUT2D eigenvalue weighted by Crippen LogP contribution is -2.51. The number of sulfonamides is 1. The SMILES string of the molecule is CC(C)CN(C[C@@H](O)[C@H](Cc1ccc(Oc2ccc(F)cc2)cc1)NC(=O)O[C@H]1CO[C@H]2OCC[C@H]21)S(=O)(=O)c1ccc2c(c1)OCO2. The van der Waals surface area contributed by atoms with E-state index in [1.54, 1.807) is 24.3 Å². The van der Waals surface area contributed by atoms with E-state index in [1.807, 2.05) is 13.8 Å². The van der Waals surface area contributed by atoms with Gasteiger partial charge >= 0.3 is 6.09 Å². The van der Waals surface area contributed by atoms with E-state index in [-0.39, 0.29) is 55.5 Å². The summed E-state index contributed by atoms with van der Waals surface area (Å²) < 4.78 is 75.7. The normalized spacial score (nSPS) is 21.2. The van der Waals surface area contributed by atoms with Crippen LogP contribution in [0.3, 0.4) is 0 Å². The Labute approximate surface area is 278 Å². The first-order valence-corrected chi connectivity index (χ1v) is 17.3. The minimum Gasteiger partial charge on any atom is -0.457 e. The zero-order valence-electron chi connectivity index (χ0n) is 26.6. The molecule has 14 heteroatoms. The van der Waals surface area contributed by atoms with Gasteiger partial charge in [0.15, 0.2) is 17.8 Å². The highest BCUT2D eigenvalue weighted by atomic mass is 32.2. The molecule has 12 nitrogen and oxygen atoms in total. The number of halogens is 1. The summed E-state index contributed by atoms with van der Waals surface area (Å²) in [6.07, 6.45) is -2.18. The van der Waals surface area contributed by atoms with Gasteiger partial charge in [-0.1, -0.05) is 26.0 Å². The highest BCUT2D eigenvalue weighted by Crippen LogP contribution is 2.35. The average molecular weight is 687 g/mol. The number of benzene rings is 3. The van der Waals surface area contributed by atoms with Gasteiger partial charge in [-0.25, -0.2) is 17.6 Å². The number of hydrogen-bond acceptors (Lipinski definition) is 10. The van der Waals surface area contributed by atoms with E-state index in [2.05, 4.69) is 5.32 Å². The summed E-state index contributed by atoms with van der Waals surface area (Å²) in [5, 5.41) is 14.4. The minimum atomic E-state index is -4.09. The molecule has 48 heavy (non-hydrogen) atoms. The molecule has 0 saturated carbocycles. The van der Waals surface area contributed by atoms with Crippen molar-refractivity contribution in [2.75, 3.05) is 33.1 Å². The van der Waals surface area contributed by atoms with E-state index in [1.165, 1.54) is 46.8 Å². The molecule has 2 saturated heterocycles. The van der Waals surface area contributed by atoms with Crippen molar-refractivity contribution in [3.8, 4) is 23.0 Å². The van der Waals surface area contributed by atoms with Crippen LogP contribution >= 0.6 is 0 Å². The molecule has 0 spiro atoms. The summed E-state index contributed by atoms with van der Waals surface area (Å²) in [6, 6.07) is 16.0. The fraction of sp³-hybridized carbons (Fsp3) is 0.441. The number of rotatable bonds is 13. The van der Waals surface area contributed by atoms with Crippen molar-refractivity contribution in [2.45, 2.75) is 56.1 Å². The van der Waals surface area contributed by atoms with E-state index in [4.69, 9.17) is 28.4 Å². The second-order valence-corrected chi connectivity index (χ2v) is 14.4. The van der Waals surface area contributed by atoms with Crippen LogP contribution in [0.2, 0.25) is 0 Å². The van der Waals surface area contributed by atoms with Crippen molar-refractivity contribution in [3.05, 3.63) is 78.1 Å². The number of fused-ring (bicyclic) bond motifs is 2. The highest BCUT2D eigenvalue weighted by molar-refractivity contribution is 7.89. The summed E-state index contributed by atoms with van der Waals surface area (Å²) >= 11 is 0. The van der Waals surface area contributed by atoms with Crippen LogP contribution in [0.25, 0.3) is 0 Å². The monoisotopic (exact) mass is 686 g/mol. The summed E-state index contributed by atoms with van der Waals surface area (Å²) in [5.41, 5.74) is 0.730. The van der Waals surface area contributed by atoms with Gasteiger partial charge in [0, 0.05) is 19.2 Å². The molecule has 0 aromatic heterocycles. The van der Waals surface area contributed by atoms with E-state index in [0.29, 0.717) is 36.0 Å². The zero-order valence-corrected chi connectivity index (χ0v) is 27.4. The molecule has 3 aromatic rings. The third kappa shape index (κ3) is 8.01. The van der Waals surface area contributed by atoms with Crippen molar-refractivity contribution < 1.29 is 51.1 Å². The fourth-order valence-corrected chi connectivity index (χ4v) is 7.58. The third-order valence-electron chi connectivity index (χ3n) is 8.38. The number of carbonyl (C=O) groups excluding carboxylic acids is 1. The van der Waals surface area contributed by atoms with Gasteiger partial charge in [-0.05, 0) is 72.9 Å². The predicted octanol–water partition coefficient (Wildman–Crippen LogP) is 4.45. The van der Waals surface area contributed by atoms with Gasteiger partial charge in [-0.15, -0.1) is 0 Å². The number of ether oxygens (including phenoxy) is 6. The lowest BCUT2D eigenvalue weighted by molar-refractivity contribution is -0.0907. The Morgan fingerprint density at radius 1 is 1.00 bits per heavy atom. The molecule has 6 rings (SSSR count). The number of hydrogen-bond donors (Lipinski definition) is 2. The summed E-state index contributed by atoms with van der Waals surface area (Å²) in [4.78, 5) is 13.2. The molecule has 0 bridgehead atoms. The minimum absolute atomic E-state index is 0.00252. The molecule has 1 amide bonds. The van der Waals surface area contributed by atoms with Crippen LogP contribution in [0.15, 0.2) is 71.6 Å². The Bertz CT molecular complexity index is 1670. The molecule has 0 unspecified atom stereocenters. The number of aliphatic hydroxyl groups excluding tert-OH is 1. The quantitative estimate of drug-likeness (QED) is 0.265. The third-order valence-corrected chi connectivity index (χ3v) is 10.2. The van der Waals surface area contributed by atoms with Crippen LogP contribution in [0, 0.1) is 17.7 Å². The Morgan fingerprint density at radius 2 is 1.71 bits per heavy atom. The molecule has 3 heterocycles. The standard InChI is InChI=1S/C34H39FN2O10S/c1-21(2)17-37(48(40,41)26-11-12-30-31(16-26)45-20-44-30)18-29(38)28(36-34(39)47-32-19-43-33-27(32)13-14-42-33)15-22-3-7-24(8-4-22)46-25-9-5-23(35)6-10-25/h3-12,16,21,27-29,32-33,38H,13-15,17-20H2,1-2H3,(H,36,39)/t27-,28-,29+,32-,33+/m0/s1. The van der Waals surface area contributed by atoms with Crippen molar-refractivity contribution in [2.24, 2.45) is 11.8 Å². The van der Waals surface area contributed by atoms with E-state index >= 15 is 0 Å². The Morgan fingerprint density at radius 3 is 2.44 bits per heavy atom. The fourth-order valence-electron chi connectivity index (χ4n) is 5.94. The lowest BCUT2D eigenvalue weighted by atomic mass is 10.0. The number of aliphatic hydroxyl groups is 1. The Balaban J connectivity index is 1.20. The molecule has 258 valence electrons. The molecule has 0 radical (unpaired) electrons. The van der Waals surface area contributed by atoms with Gasteiger partial charge in [-0.3, -0.25) is 0 Å². The highest BCUT2D eigenvalue weighted by Gasteiger charge is 2.44. The second kappa shape index (κ2) is 14.7. The van der Waals surface area contributed by atoms with Crippen LogP contribution in [0.5, 0.6) is 23.0 Å². The van der Waals surface area contributed by atoms with E-state index in [0.717, 1.165) is 5.56 Å². The number of alkyl carbamates (subject to hydrolysis) is 1. The molecular weight excluding hydrogens is 647 g/mol. The van der Waals surface area contributed by atoms with E-state index in [9.17, 15) is 22.7 Å². The largest absolute Gasteiger partial charge is 0.457 e. The van der Waals surface area contributed by atoms with Crippen molar-refractivity contribution >= 4 is 16.1 Å². The first kappa shape index (κ1) is 33.9. The molecule has 3 aliphatic rings. The summed E-state index contributed by atoms with van der Waals surface area (Å²) in [6.45, 7) is 4.27. The molecule has 2 N–H and O–H groups in total. The molecule has 0 aliphatic carbocycles. The lowest BCUT2D eigenvalue weighted by Gasteiger charge is -2.31. The van der Waals surface area contributed by atoms with Gasteiger partial charge < -0.3 is 38.8 Å². The number of carbonyl (C=O) groups is 1. The van der Waals surface area contributed by atoms with Gasteiger partial charge in [-0.2, -0.15) is 4.31 Å². The predicted molar refractivity (Wildman–Crippen MR) is 170 cm³/mol. The van der Waals surface area contributed by atoms with Crippen LogP contribution in [-0.4, -0.2) is 81.6 Å². The zero-order chi connectivity index (χ0) is 33.8. The smallest absolute Gasteiger partial charge is 0.407 e. The molecule has 5 atom stereocenters. The molecule has 3 aromatic carbocycles. The maximum atomic E-state index is 13.9. The van der Waals surface area contributed by atoms with Crippen LogP contribution < -0.4 is 19.5 Å². The molecule has 2 fully saturated rings. The van der Waals surface area contributed by atoms with Gasteiger partial charge in [0.2, 0.25) is 16.8 Å². The molecular formula is C34H39FN2O10S. The topological polar surface area (TPSA) is 142 Å². The van der Waals surface area contributed by atoms with Gasteiger partial charge in [0.25, 0.3) is 0 Å². The first-order valence-electron chi connectivity index (χ1n) is 15.9. The summed E-state index contributed by atoms with van der Waals surface area (Å²) in [5.74, 6) is 1.20. The number of nitrogens with zero attached hydrogens (tertiary/aromatic N) is 1. The average Bonchev–Trinajstić information content (AvgIpc) is 3.81. The Kier molecular flexibility index (Phi) is 10.4. The van der Waals surface area contributed by atoms with Crippen molar-refractivity contribution in [3.63, 3.8) is 0 Å². The second-order valence-electron chi connectivity index (χ2n) is 12.4. The summed E-state index contributed by atoms with van der Waals surface area (Å²) in [7, 11) is -4.09.